The Labute approximate surface area is 107 Å². The SMILES string of the molecule is O=C(NCCCO)c1cccn1C1CCNCC1. The minimum absolute atomic E-state index is 0.0491. The van der Waals surface area contributed by atoms with Crippen molar-refractivity contribution in [3.8, 4) is 0 Å². The standard InChI is InChI=1S/C13H21N3O2/c17-10-2-6-15-13(18)12-3-1-9-16(12)11-4-7-14-8-5-11/h1,3,9,11,14,17H,2,4-8,10H2,(H,15,18). The molecule has 0 saturated carbocycles. The Morgan fingerprint density at radius 2 is 2.28 bits per heavy atom. The van der Waals surface area contributed by atoms with E-state index in [1.54, 1.807) is 0 Å². The van der Waals surface area contributed by atoms with Crippen LogP contribution in [0.2, 0.25) is 0 Å². The second-order valence-electron chi connectivity index (χ2n) is 4.61. The molecule has 1 saturated heterocycles. The highest BCUT2D eigenvalue weighted by Gasteiger charge is 2.19. The molecule has 3 N–H and O–H groups in total. The summed E-state index contributed by atoms with van der Waals surface area (Å²) in [6.45, 7) is 2.64. The van der Waals surface area contributed by atoms with E-state index in [-0.39, 0.29) is 12.5 Å². The Bertz CT molecular complexity index is 383. The number of carbonyl (C=O) groups is 1. The average Bonchev–Trinajstić information content (AvgIpc) is 2.89. The summed E-state index contributed by atoms with van der Waals surface area (Å²) in [6.07, 6.45) is 4.70. The first-order valence-corrected chi connectivity index (χ1v) is 6.59. The molecule has 1 amide bonds. The van der Waals surface area contributed by atoms with Crippen LogP contribution in [0, 0.1) is 0 Å². The molecule has 2 rings (SSSR count). The molecular weight excluding hydrogens is 230 g/mol. The Morgan fingerprint density at radius 3 is 3.00 bits per heavy atom. The van der Waals surface area contributed by atoms with Crippen LogP contribution in [0.5, 0.6) is 0 Å². The van der Waals surface area contributed by atoms with Crippen molar-refractivity contribution in [1.29, 1.82) is 0 Å². The normalized spacial score (nSPS) is 16.7. The van der Waals surface area contributed by atoms with Gasteiger partial charge >= 0.3 is 0 Å². The molecule has 0 radical (unpaired) electrons. The molecule has 0 unspecified atom stereocenters. The van der Waals surface area contributed by atoms with Crippen molar-refractivity contribution >= 4 is 5.91 Å². The minimum atomic E-state index is -0.0491. The average molecular weight is 251 g/mol. The molecule has 0 aliphatic carbocycles. The lowest BCUT2D eigenvalue weighted by atomic mass is 10.1. The second kappa shape index (κ2) is 6.56. The lowest BCUT2D eigenvalue weighted by molar-refractivity contribution is 0.0938. The molecule has 18 heavy (non-hydrogen) atoms. The summed E-state index contributed by atoms with van der Waals surface area (Å²) in [5.41, 5.74) is 0.722. The zero-order chi connectivity index (χ0) is 12.8. The van der Waals surface area contributed by atoms with Crippen LogP contribution in [0.1, 0.15) is 35.8 Å². The number of amides is 1. The van der Waals surface area contributed by atoms with Crippen molar-refractivity contribution in [3.63, 3.8) is 0 Å². The van der Waals surface area contributed by atoms with E-state index in [0.29, 0.717) is 19.0 Å². The summed E-state index contributed by atoms with van der Waals surface area (Å²) in [4.78, 5) is 12.0. The van der Waals surface area contributed by atoms with E-state index in [0.717, 1.165) is 31.6 Å². The van der Waals surface area contributed by atoms with Crippen LogP contribution in [-0.2, 0) is 0 Å². The van der Waals surface area contributed by atoms with Crippen LogP contribution in [0.3, 0.4) is 0 Å². The number of rotatable bonds is 5. The Morgan fingerprint density at radius 1 is 1.50 bits per heavy atom. The van der Waals surface area contributed by atoms with Gasteiger partial charge in [-0.05, 0) is 44.5 Å². The fourth-order valence-electron chi connectivity index (χ4n) is 2.36. The molecule has 0 atom stereocenters. The summed E-state index contributed by atoms with van der Waals surface area (Å²) >= 11 is 0. The maximum atomic E-state index is 12.0. The predicted octanol–water partition coefficient (Wildman–Crippen LogP) is 0.525. The molecule has 1 aromatic heterocycles. The first-order valence-electron chi connectivity index (χ1n) is 6.59. The largest absolute Gasteiger partial charge is 0.396 e. The maximum absolute atomic E-state index is 12.0. The number of aliphatic hydroxyl groups excluding tert-OH is 1. The molecule has 1 aliphatic rings. The molecular formula is C13H21N3O2. The van der Waals surface area contributed by atoms with Crippen LogP contribution in [0.15, 0.2) is 18.3 Å². The zero-order valence-corrected chi connectivity index (χ0v) is 10.6. The highest BCUT2D eigenvalue weighted by molar-refractivity contribution is 5.92. The molecule has 100 valence electrons. The van der Waals surface area contributed by atoms with Crippen molar-refractivity contribution in [1.82, 2.24) is 15.2 Å². The number of nitrogens with zero attached hydrogens (tertiary/aromatic N) is 1. The van der Waals surface area contributed by atoms with Crippen molar-refractivity contribution in [2.24, 2.45) is 0 Å². The van der Waals surface area contributed by atoms with Gasteiger partial charge in [0.2, 0.25) is 0 Å². The third-order valence-corrected chi connectivity index (χ3v) is 3.33. The van der Waals surface area contributed by atoms with E-state index in [1.807, 2.05) is 18.3 Å². The van der Waals surface area contributed by atoms with Gasteiger partial charge in [0.05, 0.1) is 0 Å². The smallest absolute Gasteiger partial charge is 0.267 e. The van der Waals surface area contributed by atoms with Crippen molar-refractivity contribution in [2.45, 2.75) is 25.3 Å². The predicted molar refractivity (Wildman–Crippen MR) is 69.6 cm³/mol. The maximum Gasteiger partial charge on any atom is 0.267 e. The Kier molecular flexibility index (Phi) is 4.78. The highest BCUT2D eigenvalue weighted by Crippen LogP contribution is 2.21. The number of piperidine rings is 1. The molecule has 1 aromatic rings. The summed E-state index contributed by atoms with van der Waals surface area (Å²) in [7, 11) is 0. The lowest BCUT2D eigenvalue weighted by Crippen LogP contribution is -2.32. The van der Waals surface area contributed by atoms with Crippen molar-refractivity contribution in [2.75, 3.05) is 26.2 Å². The van der Waals surface area contributed by atoms with E-state index >= 15 is 0 Å². The van der Waals surface area contributed by atoms with E-state index in [1.165, 1.54) is 0 Å². The number of nitrogens with one attached hydrogen (secondary N) is 2. The van der Waals surface area contributed by atoms with Crippen LogP contribution in [-0.4, -0.2) is 41.8 Å². The van der Waals surface area contributed by atoms with E-state index in [4.69, 9.17) is 5.11 Å². The number of aromatic nitrogens is 1. The summed E-state index contributed by atoms with van der Waals surface area (Å²) in [5.74, 6) is -0.0491. The highest BCUT2D eigenvalue weighted by atomic mass is 16.3. The molecule has 5 heteroatoms. The van der Waals surface area contributed by atoms with Crippen molar-refractivity contribution < 1.29 is 9.90 Å². The van der Waals surface area contributed by atoms with Gasteiger partial charge in [-0.2, -0.15) is 0 Å². The molecule has 5 nitrogen and oxygen atoms in total. The second-order valence-corrected chi connectivity index (χ2v) is 4.61. The van der Waals surface area contributed by atoms with Crippen LogP contribution in [0.25, 0.3) is 0 Å². The first-order chi connectivity index (χ1) is 8.83. The number of aliphatic hydroxyl groups is 1. The first kappa shape index (κ1) is 13.1. The Hall–Kier alpha value is -1.33. The van der Waals surface area contributed by atoms with E-state index in [9.17, 15) is 4.79 Å². The zero-order valence-electron chi connectivity index (χ0n) is 10.6. The number of hydrogen-bond acceptors (Lipinski definition) is 3. The van der Waals surface area contributed by atoms with Gasteiger partial charge in [-0.3, -0.25) is 4.79 Å². The van der Waals surface area contributed by atoms with Crippen LogP contribution >= 0.6 is 0 Å². The summed E-state index contributed by atoms with van der Waals surface area (Å²) in [5, 5.41) is 14.9. The topological polar surface area (TPSA) is 66.3 Å². The van der Waals surface area contributed by atoms with Gasteiger partial charge in [0.25, 0.3) is 5.91 Å². The van der Waals surface area contributed by atoms with Gasteiger partial charge in [-0.15, -0.1) is 0 Å². The van der Waals surface area contributed by atoms with Crippen LogP contribution in [0.4, 0.5) is 0 Å². The third-order valence-electron chi connectivity index (χ3n) is 3.33. The van der Waals surface area contributed by atoms with E-state index in [2.05, 4.69) is 15.2 Å². The van der Waals surface area contributed by atoms with Gasteiger partial charge in [0.15, 0.2) is 0 Å². The molecule has 0 aromatic carbocycles. The van der Waals surface area contributed by atoms with Gasteiger partial charge < -0.3 is 20.3 Å². The number of carbonyl (C=O) groups excluding carboxylic acids is 1. The summed E-state index contributed by atoms with van der Waals surface area (Å²) in [6, 6.07) is 4.19. The number of hydrogen-bond donors (Lipinski definition) is 3. The van der Waals surface area contributed by atoms with Gasteiger partial charge in [-0.1, -0.05) is 0 Å². The van der Waals surface area contributed by atoms with Gasteiger partial charge in [-0.25, -0.2) is 0 Å². The van der Waals surface area contributed by atoms with E-state index < -0.39 is 0 Å². The third kappa shape index (κ3) is 3.11. The monoisotopic (exact) mass is 251 g/mol. The molecule has 1 fully saturated rings. The van der Waals surface area contributed by atoms with Gasteiger partial charge in [0, 0.05) is 25.4 Å². The fraction of sp³-hybridized carbons (Fsp3) is 0.615. The molecule has 1 aliphatic heterocycles. The quantitative estimate of drug-likeness (QED) is 0.669. The lowest BCUT2D eigenvalue weighted by Gasteiger charge is -2.25. The van der Waals surface area contributed by atoms with Crippen molar-refractivity contribution in [3.05, 3.63) is 24.0 Å². The molecule has 2 heterocycles. The Balaban J connectivity index is 1.99. The van der Waals surface area contributed by atoms with Crippen LogP contribution < -0.4 is 10.6 Å². The molecule has 0 bridgehead atoms. The fourth-order valence-corrected chi connectivity index (χ4v) is 2.36. The summed E-state index contributed by atoms with van der Waals surface area (Å²) < 4.78 is 2.08. The molecule has 0 spiro atoms. The van der Waals surface area contributed by atoms with Gasteiger partial charge in [0.1, 0.15) is 5.69 Å². The minimum Gasteiger partial charge on any atom is -0.396 e.